The third-order valence-electron chi connectivity index (χ3n) is 1.63. The molecular weight excluding hydrogens is 186 g/mol. The maximum Gasteiger partial charge on any atom is 0.278 e. The molecule has 0 atom stereocenters. The number of methoxy groups -OCH3 is 1. The van der Waals surface area contributed by atoms with Gasteiger partial charge in [0.2, 0.25) is 0 Å². The van der Waals surface area contributed by atoms with Crippen molar-refractivity contribution in [2.45, 2.75) is 6.92 Å². The van der Waals surface area contributed by atoms with Crippen LogP contribution in [0, 0.1) is 6.92 Å². The minimum atomic E-state index is -0.313. The fourth-order valence-electron chi connectivity index (χ4n) is 0.876. The standard InChI is InChI=1S/C8H13N3O3/c1-6-7(5-9-10-6)8(12)11-14-4-3-13-2/h5H,3-4H2,1-2H3,(H,9,10)(H,11,12). The van der Waals surface area contributed by atoms with Crippen molar-refractivity contribution in [1.29, 1.82) is 0 Å². The van der Waals surface area contributed by atoms with Crippen LogP contribution < -0.4 is 5.48 Å². The lowest BCUT2D eigenvalue weighted by atomic mass is 10.2. The van der Waals surface area contributed by atoms with Gasteiger partial charge in [0, 0.05) is 12.8 Å². The van der Waals surface area contributed by atoms with Crippen LogP contribution >= 0.6 is 0 Å². The predicted molar refractivity (Wildman–Crippen MR) is 48.6 cm³/mol. The van der Waals surface area contributed by atoms with Crippen LogP contribution in [0.2, 0.25) is 0 Å². The van der Waals surface area contributed by atoms with E-state index in [4.69, 9.17) is 9.57 Å². The molecule has 0 aliphatic heterocycles. The van der Waals surface area contributed by atoms with Crippen molar-refractivity contribution >= 4 is 5.91 Å². The summed E-state index contributed by atoms with van der Waals surface area (Å²) in [6, 6.07) is 0. The lowest BCUT2D eigenvalue weighted by molar-refractivity contribution is 0.00885. The first-order valence-electron chi connectivity index (χ1n) is 4.16. The average molecular weight is 199 g/mol. The van der Waals surface area contributed by atoms with Crippen LogP contribution in [0.15, 0.2) is 6.20 Å². The first kappa shape index (κ1) is 10.7. The smallest absolute Gasteiger partial charge is 0.278 e. The van der Waals surface area contributed by atoms with E-state index in [1.54, 1.807) is 14.0 Å². The highest BCUT2D eigenvalue weighted by Crippen LogP contribution is 2.01. The number of aromatic nitrogens is 2. The van der Waals surface area contributed by atoms with Crippen molar-refractivity contribution in [3.05, 3.63) is 17.5 Å². The molecule has 0 radical (unpaired) electrons. The van der Waals surface area contributed by atoms with Crippen LogP contribution in [0.1, 0.15) is 16.1 Å². The molecule has 1 aromatic heterocycles. The van der Waals surface area contributed by atoms with E-state index < -0.39 is 0 Å². The van der Waals surface area contributed by atoms with Gasteiger partial charge in [-0.15, -0.1) is 0 Å². The number of aryl methyl sites for hydroxylation is 1. The maximum absolute atomic E-state index is 11.4. The van der Waals surface area contributed by atoms with Crippen LogP contribution in [-0.4, -0.2) is 36.4 Å². The summed E-state index contributed by atoms with van der Waals surface area (Å²) in [5.41, 5.74) is 3.46. The number of nitrogens with zero attached hydrogens (tertiary/aromatic N) is 1. The molecule has 1 amide bonds. The number of hydrogen-bond donors (Lipinski definition) is 2. The summed E-state index contributed by atoms with van der Waals surface area (Å²) in [7, 11) is 1.56. The number of hydroxylamine groups is 1. The molecule has 2 N–H and O–H groups in total. The minimum Gasteiger partial charge on any atom is -0.382 e. The molecule has 1 heterocycles. The van der Waals surface area contributed by atoms with E-state index in [9.17, 15) is 4.79 Å². The fraction of sp³-hybridized carbons (Fsp3) is 0.500. The lowest BCUT2D eigenvalue weighted by Gasteiger charge is -2.03. The van der Waals surface area contributed by atoms with Gasteiger partial charge in [-0.25, -0.2) is 5.48 Å². The SMILES string of the molecule is COCCONC(=O)c1cn[nH]c1C. The molecular formula is C8H13N3O3. The first-order chi connectivity index (χ1) is 6.75. The maximum atomic E-state index is 11.4. The van der Waals surface area contributed by atoms with Crippen molar-refractivity contribution in [2.75, 3.05) is 20.3 Å². The molecule has 1 rings (SSSR count). The van der Waals surface area contributed by atoms with Crippen molar-refractivity contribution in [3.63, 3.8) is 0 Å². The summed E-state index contributed by atoms with van der Waals surface area (Å²) in [6.07, 6.45) is 1.45. The molecule has 1 aromatic rings. The third-order valence-corrected chi connectivity index (χ3v) is 1.63. The second kappa shape index (κ2) is 5.36. The summed E-state index contributed by atoms with van der Waals surface area (Å²) in [5.74, 6) is -0.313. The number of carbonyl (C=O) groups excluding carboxylic acids is 1. The van der Waals surface area contributed by atoms with Crippen molar-refractivity contribution in [2.24, 2.45) is 0 Å². The van der Waals surface area contributed by atoms with E-state index >= 15 is 0 Å². The summed E-state index contributed by atoms with van der Waals surface area (Å²) >= 11 is 0. The monoisotopic (exact) mass is 199 g/mol. The summed E-state index contributed by atoms with van der Waals surface area (Å²) < 4.78 is 4.74. The normalized spacial score (nSPS) is 10.1. The Morgan fingerprint density at radius 2 is 2.43 bits per heavy atom. The summed E-state index contributed by atoms with van der Waals surface area (Å²) in [5, 5.41) is 6.38. The van der Waals surface area contributed by atoms with Crippen LogP contribution in [0.3, 0.4) is 0 Å². The third kappa shape index (κ3) is 2.82. The predicted octanol–water partition coefficient (Wildman–Crippen LogP) is 0.0259. The van der Waals surface area contributed by atoms with Gasteiger partial charge in [0.25, 0.3) is 5.91 Å². The van der Waals surface area contributed by atoms with Crippen LogP contribution in [0.25, 0.3) is 0 Å². The highest BCUT2D eigenvalue weighted by atomic mass is 16.7. The van der Waals surface area contributed by atoms with E-state index in [1.807, 2.05) is 0 Å². The molecule has 0 aromatic carbocycles. The number of ether oxygens (including phenoxy) is 1. The molecule has 0 unspecified atom stereocenters. The Labute approximate surface area is 81.5 Å². The molecule has 6 nitrogen and oxygen atoms in total. The number of rotatable bonds is 5. The Morgan fingerprint density at radius 3 is 3.00 bits per heavy atom. The first-order valence-corrected chi connectivity index (χ1v) is 4.16. The van der Waals surface area contributed by atoms with Crippen LogP contribution in [0.5, 0.6) is 0 Å². The Balaban J connectivity index is 2.32. The zero-order valence-electron chi connectivity index (χ0n) is 8.16. The molecule has 0 aliphatic rings. The number of H-pyrrole nitrogens is 1. The molecule has 0 spiro atoms. The molecule has 6 heteroatoms. The lowest BCUT2D eigenvalue weighted by Crippen LogP contribution is -2.25. The topological polar surface area (TPSA) is 76.2 Å². The Kier molecular flexibility index (Phi) is 4.09. The van der Waals surface area contributed by atoms with Crippen LogP contribution in [0.4, 0.5) is 0 Å². The molecule has 78 valence electrons. The van der Waals surface area contributed by atoms with Crippen molar-refractivity contribution in [1.82, 2.24) is 15.7 Å². The molecule has 0 saturated carbocycles. The number of aromatic amines is 1. The molecule has 0 fully saturated rings. The van der Waals surface area contributed by atoms with Gasteiger partial charge in [-0.1, -0.05) is 0 Å². The van der Waals surface area contributed by atoms with E-state index in [2.05, 4.69) is 15.7 Å². The molecule has 0 bridgehead atoms. The van der Waals surface area contributed by atoms with E-state index in [0.717, 1.165) is 0 Å². The highest BCUT2D eigenvalue weighted by Gasteiger charge is 2.09. The van der Waals surface area contributed by atoms with Gasteiger partial charge in [0.05, 0.1) is 25.0 Å². The van der Waals surface area contributed by atoms with Gasteiger partial charge in [-0.3, -0.25) is 14.7 Å². The highest BCUT2D eigenvalue weighted by molar-refractivity contribution is 5.94. The summed E-state index contributed by atoms with van der Waals surface area (Å²) in [6.45, 7) is 2.51. The minimum absolute atomic E-state index is 0.313. The molecule has 14 heavy (non-hydrogen) atoms. The van der Waals surface area contributed by atoms with Gasteiger partial charge in [-0.2, -0.15) is 5.10 Å². The van der Waals surface area contributed by atoms with Gasteiger partial charge in [0.15, 0.2) is 0 Å². The quantitative estimate of drug-likeness (QED) is 0.518. The fourth-order valence-corrected chi connectivity index (χ4v) is 0.876. The Bertz CT molecular complexity index is 298. The van der Waals surface area contributed by atoms with Gasteiger partial charge in [0.1, 0.15) is 0 Å². The van der Waals surface area contributed by atoms with Crippen LogP contribution in [-0.2, 0) is 9.57 Å². The average Bonchev–Trinajstić information content (AvgIpc) is 2.59. The van der Waals surface area contributed by atoms with Gasteiger partial charge >= 0.3 is 0 Å². The van der Waals surface area contributed by atoms with Crippen molar-refractivity contribution < 1.29 is 14.4 Å². The largest absolute Gasteiger partial charge is 0.382 e. The number of carbonyl (C=O) groups is 1. The second-order valence-corrected chi connectivity index (χ2v) is 2.68. The van der Waals surface area contributed by atoms with Crippen molar-refractivity contribution in [3.8, 4) is 0 Å². The van der Waals surface area contributed by atoms with E-state index in [-0.39, 0.29) is 5.91 Å². The summed E-state index contributed by atoms with van der Waals surface area (Å²) in [4.78, 5) is 16.2. The number of amides is 1. The Morgan fingerprint density at radius 1 is 1.64 bits per heavy atom. The zero-order chi connectivity index (χ0) is 10.4. The number of nitrogens with one attached hydrogen (secondary N) is 2. The molecule has 0 saturated heterocycles. The molecule has 0 aliphatic carbocycles. The number of hydrogen-bond acceptors (Lipinski definition) is 4. The zero-order valence-corrected chi connectivity index (χ0v) is 8.16. The van der Waals surface area contributed by atoms with E-state index in [1.165, 1.54) is 6.20 Å². The Hall–Kier alpha value is -1.40. The van der Waals surface area contributed by atoms with Gasteiger partial charge < -0.3 is 4.74 Å². The second-order valence-electron chi connectivity index (χ2n) is 2.68. The van der Waals surface area contributed by atoms with Gasteiger partial charge in [-0.05, 0) is 6.92 Å². The van der Waals surface area contributed by atoms with E-state index in [0.29, 0.717) is 24.5 Å².